The Bertz CT molecular complexity index is 481. The third kappa shape index (κ3) is 1.98. The summed E-state index contributed by atoms with van der Waals surface area (Å²) in [5.41, 5.74) is -2.18. The number of carboxylic acids is 1. The average Bonchev–Trinajstić information content (AvgIpc) is 2.19. The molecule has 0 radical (unpaired) electrons. The topological polar surface area (TPSA) is 57.5 Å². The summed E-state index contributed by atoms with van der Waals surface area (Å²) in [5.74, 6) is -1.47. The zero-order valence-electron chi connectivity index (χ0n) is 9.20. The van der Waals surface area contributed by atoms with Crippen molar-refractivity contribution < 1.29 is 19.4 Å². The number of aliphatic hydroxyl groups is 1. The minimum absolute atomic E-state index is 0.0305. The predicted molar refractivity (Wildman–Crippen MR) is 63.0 cm³/mol. The van der Waals surface area contributed by atoms with Crippen LogP contribution in [0.15, 0.2) is 22.7 Å². The first-order valence-corrected chi connectivity index (χ1v) is 5.97. The summed E-state index contributed by atoms with van der Waals surface area (Å²) < 4.78 is 14.3. The number of rotatable bonds is 2. The Balaban J connectivity index is 2.31. The Labute approximate surface area is 106 Å². The summed E-state index contributed by atoms with van der Waals surface area (Å²) in [7, 11) is 0. The summed E-state index contributed by atoms with van der Waals surface area (Å²) in [6, 6.07) is 4.29. The number of benzene rings is 1. The van der Waals surface area contributed by atoms with Crippen LogP contribution in [-0.2, 0) is 10.4 Å². The number of carbonyl (C=O) groups is 1. The van der Waals surface area contributed by atoms with E-state index in [2.05, 4.69) is 15.9 Å². The Morgan fingerprint density at radius 2 is 2.06 bits per heavy atom. The van der Waals surface area contributed by atoms with Crippen LogP contribution in [0.3, 0.4) is 0 Å². The standard InChI is InChI=1S/C12H12BrFO3/c1-11(10(15)16)5-12(17,6-11)8-4-7(13)2-3-9(8)14/h2-4,17H,5-6H2,1H3,(H,15,16). The molecule has 1 fully saturated rings. The molecule has 0 unspecified atom stereocenters. The SMILES string of the molecule is CC1(C(=O)O)CC(O)(c2cc(Br)ccc2F)C1. The molecule has 0 spiro atoms. The molecule has 1 aromatic carbocycles. The molecule has 92 valence electrons. The van der Waals surface area contributed by atoms with Gasteiger partial charge in [-0.3, -0.25) is 4.79 Å². The van der Waals surface area contributed by atoms with Gasteiger partial charge in [0.15, 0.2) is 0 Å². The fourth-order valence-corrected chi connectivity index (χ4v) is 2.80. The second kappa shape index (κ2) is 3.78. The quantitative estimate of drug-likeness (QED) is 0.883. The van der Waals surface area contributed by atoms with Crippen molar-refractivity contribution in [2.75, 3.05) is 0 Å². The lowest BCUT2D eigenvalue weighted by Crippen LogP contribution is -2.52. The Hall–Kier alpha value is -0.940. The van der Waals surface area contributed by atoms with E-state index < -0.39 is 22.8 Å². The van der Waals surface area contributed by atoms with Crippen molar-refractivity contribution in [2.45, 2.75) is 25.4 Å². The summed E-state index contributed by atoms with van der Waals surface area (Å²) in [6.07, 6.45) is 0.0609. The van der Waals surface area contributed by atoms with Crippen LogP contribution in [0.1, 0.15) is 25.3 Å². The van der Waals surface area contributed by atoms with Crippen LogP contribution in [-0.4, -0.2) is 16.2 Å². The number of halogens is 2. The number of aliphatic carboxylic acids is 1. The minimum atomic E-state index is -1.37. The van der Waals surface area contributed by atoms with Crippen molar-refractivity contribution >= 4 is 21.9 Å². The van der Waals surface area contributed by atoms with E-state index in [4.69, 9.17) is 5.11 Å². The first-order chi connectivity index (χ1) is 7.77. The molecule has 5 heteroatoms. The van der Waals surface area contributed by atoms with Gasteiger partial charge in [0.1, 0.15) is 5.82 Å². The van der Waals surface area contributed by atoms with Gasteiger partial charge < -0.3 is 10.2 Å². The smallest absolute Gasteiger partial charge is 0.309 e. The van der Waals surface area contributed by atoms with Gasteiger partial charge in [-0.1, -0.05) is 15.9 Å². The average molecular weight is 303 g/mol. The first kappa shape index (κ1) is 12.5. The maximum Gasteiger partial charge on any atom is 0.309 e. The van der Waals surface area contributed by atoms with Crippen LogP contribution >= 0.6 is 15.9 Å². The molecule has 1 aliphatic carbocycles. The summed E-state index contributed by atoms with van der Waals surface area (Å²) in [4.78, 5) is 11.0. The zero-order chi connectivity index (χ0) is 12.8. The van der Waals surface area contributed by atoms with Gasteiger partial charge in [-0.15, -0.1) is 0 Å². The maximum atomic E-state index is 13.6. The molecule has 2 rings (SSSR count). The fourth-order valence-electron chi connectivity index (χ4n) is 2.43. The van der Waals surface area contributed by atoms with Gasteiger partial charge in [-0.05, 0) is 38.0 Å². The molecule has 0 saturated heterocycles. The highest BCUT2D eigenvalue weighted by atomic mass is 79.9. The highest BCUT2D eigenvalue weighted by molar-refractivity contribution is 9.10. The number of carboxylic acid groups (broad SMARTS) is 1. The van der Waals surface area contributed by atoms with Crippen LogP contribution in [0, 0.1) is 11.2 Å². The normalized spacial score (nSPS) is 32.0. The molecule has 2 N–H and O–H groups in total. The minimum Gasteiger partial charge on any atom is -0.481 e. The third-order valence-corrected chi connectivity index (χ3v) is 3.80. The third-order valence-electron chi connectivity index (χ3n) is 3.31. The van der Waals surface area contributed by atoms with Crippen molar-refractivity contribution in [3.8, 4) is 0 Å². The molecule has 0 bridgehead atoms. The van der Waals surface area contributed by atoms with E-state index in [1.165, 1.54) is 18.2 Å². The van der Waals surface area contributed by atoms with E-state index in [1.54, 1.807) is 6.92 Å². The second-order valence-electron chi connectivity index (χ2n) is 4.88. The van der Waals surface area contributed by atoms with Gasteiger partial charge in [-0.2, -0.15) is 0 Å². The Kier molecular flexibility index (Phi) is 2.78. The molecule has 1 saturated carbocycles. The van der Waals surface area contributed by atoms with E-state index in [0.717, 1.165) is 0 Å². The van der Waals surface area contributed by atoms with E-state index >= 15 is 0 Å². The maximum absolute atomic E-state index is 13.6. The predicted octanol–water partition coefficient (Wildman–Crippen LogP) is 2.66. The Morgan fingerprint density at radius 3 is 2.59 bits per heavy atom. The van der Waals surface area contributed by atoms with Gasteiger partial charge in [0, 0.05) is 10.0 Å². The molecule has 1 aliphatic rings. The van der Waals surface area contributed by atoms with Crippen molar-refractivity contribution in [2.24, 2.45) is 5.41 Å². The monoisotopic (exact) mass is 302 g/mol. The lowest BCUT2D eigenvalue weighted by Gasteiger charge is -2.49. The summed E-state index contributed by atoms with van der Waals surface area (Å²) in [5, 5.41) is 19.2. The Morgan fingerprint density at radius 1 is 1.47 bits per heavy atom. The van der Waals surface area contributed by atoms with Crippen LogP contribution < -0.4 is 0 Å². The highest BCUT2D eigenvalue weighted by Gasteiger charge is 2.57. The molecule has 0 amide bonds. The van der Waals surface area contributed by atoms with Crippen molar-refractivity contribution in [3.63, 3.8) is 0 Å². The molecule has 3 nitrogen and oxygen atoms in total. The van der Waals surface area contributed by atoms with Crippen LogP contribution in [0.5, 0.6) is 0 Å². The number of hydrogen-bond donors (Lipinski definition) is 2. The highest BCUT2D eigenvalue weighted by Crippen LogP contribution is 2.54. The van der Waals surface area contributed by atoms with Crippen LogP contribution in [0.4, 0.5) is 4.39 Å². The molecule has 0 aromatic heterocycles. The molecule has 1 aromatic rings. The van der Waals surface area contributed by atoms with E-state index in [9.17, 15) is 14.3 Å². The van der Waals surface area contributed by atoms with Crippen molar-refractivity contribution in [1.29, 1.82) is 0 Å². The first-order valence-electron chi connectivity index (χ1n) is 5.18. The van der Waals surface area contributed by atoms with Crippen molar-refractivity contribution in [1.82, 2.24) is 0 Å². The fraction of sp³-hybridized carbons (Fsp3) is 0.417. The molecular formula is C12H12BrFO3. The molecular weight excluding hydrogens is 291 g/mol. The molecule has 0 atom stereocenters. The molecule has 0 aliphatic heterocycles. The van der Waals surface area contributed by atoms with Gasteiger partial charge in [0.05, 0.1) is 11.0 Å². The van der Waals surface area contributed by atoms with Crippen molar-refractivity contribution in [3.05, 3.63) is 34.1 Å². The van der Waals surface area contributed by atoms with Crippen LogP contribution in [0.25, 0.3) is 0 Å². The van der Waals surface area contributed by atoms with E-state index in [1.807, 2.05) is 0 Å². The second-order valence-corrected chi connectivity index (χ2v) is 5.79. The molecule has 0 heterocycles. The van der Waals surface area contributed by atoms with E-state index in [-0.39, 0.29) is 18.4 Å². The number of hydrogen-bond acceptors (Lipinski definition) is 2. The largest absolute Gasteiger partial charge is 0.481 e. The van der Waals surface area contributed by atoms with Crippen LogP contribution in [0.2, 0.25) is 0 Å². The van der Waals surface area contributed by atoms with Gasteiger partial charge in [0.25, 0.3) is 0 Å². The summed E-state index contributed by atoms with van der Waals surface area (Å²) in [6.45, 7) is 1.56. The lowest BCUT2D eigenvalue weighted by molar-refractivity contribution is -0.180. The van der Waals surface area contributed by atoms with Gasteiger partial charge in [-0.25, -0.2) is 4.39 Å². The zero-order valence-corrected chi connectivity index (χ0v) is 10.8. The lowest BCUT2D eigenvalue weighted by atomic mass is 9.58. The van der Waals surface area contributed by atoms with Gasteiger partial charge in [0.2, 0.25) is 0 Å². The van der Waals surface area contributed by atoms with E-state index in [0.29, 0.717) is 4.47 Å². The van der Waals surface area contributed by atoms with Gasteiger partial charge >= 0.3 is 5.97 Å². The molecule has 17 heavy (non-hydrogen) atoms. The summed E-state index contributed by atoms with van der Waals surface area (Å²) >= 11 is 3.21.